The number of nitrogens with one attached hydrogen (secondary N) is 4. The number of hydrogen-bond donors (Lipinski definition) is 4. The molecule has 1 fully saturated rings. The molecule has 26 heavy (non-hydrogen) atoms. The van der Waals surface area contributed by atoms with Crippen LogP contribution in [0.1, 0.15) is 12.7 Å². The van der Waals surface area contributed by atoms with Gasteiger partial charge >= 0.3 is 0 Å². The van der Waals surface area contributed by atoms with Gasteiger partial charge in [0.1, 0.15) is 11.9 Å². The average Bonchev–Trinajstić information content (AvgIpc) is 3.17. The molecule has 0 radical (unpaired) electrons. The third-order valence-electron chi connectivity index (χ3n) is 4.70. The number of hydrogen-bond acceptors (Lipinski definition) is 6. The number of rotatable bonds is 4. The molecule has 3 heterocycles. The van der Waals surface area contributed by atoms with Gasteiger partial charge in [0, 0.05) is 31.9 Å². The van der Waals surface area contributed by atoms with E-state index in [9.17, 15) is 9.59 Å². The van der Waals surface area contributed by atoms with Crippen LogP contribution in [-0.2, 0) is 23.1 Å². The minimum atomic E-state index is -0.667. The van der Waals surface area contributed by atoms with Crippen LogP contribution in [0, 0.1) is 0 Å². The maximum absolute atomic E-state index is 12.5. The number of hydrazine groups is 2. The van der Waals surface area contributed by atoms with Gasteiger partial charge in [-0.2, -0.15) is 5.53 Å². The molecule has 2 atom stereocenters. The van der Waals surface area contributed by atoms with Crippen molar-refractivity contribution >= 4 is 22.8 Å². The summed E-state index contributed by atoms with van der Waals surface area (Å²) in [6, 6.07) is 6.64. The Hall–Kier alpha value is -2.91. The number of aromatic nitrogens is 2. The molecule has 4 rings (SSSR count). The zero-order valence-corrected chi connectivity index (χ0v) is 14.6. The summed E-state index contributed by atoms with van der Waals surface area (Å²) in [5.74, 6) is 0.462. The number of aryl methyl sites for hydroxylation is 1. The van der Waals surface area contributed by atoms with E-state index in [4.69, 9.17) is 0 Å². The van der Waals surface area contributed by atoms with Gasteiger partial charge in [-0.05, 0) is 19.1 Å². The van der Waals surface area contributed by atoms with Crippen LogP contribution in [0.4, 0.5) is 0 Å². The lowest BCUT2D eigenvalue weighted by Crippen LogP contribution is -2.55. The molecule has 4 N–H and O–H groups in total. The second-order valence-electron chi connectivity index (χ2n) is 6.50. The van der Waals surface area contributed by atoms with Crippen molar-refractivity contribution in [1.82, 2.24) is 36.2 Å². The molecule has 136 valence electrons. The molecule has 2 aliphatic rings. The number of amides is 2. The Kier molecular flexibility index (Phi) is 4.09. The predicted octanol–water partition coefficient (Wildman–Crippen LogP) is -0.715. The molecular formula is C17H21N7O2. The third kappa shape index (κ3) is 2.80. The highest BCUT2D eigenvalue weighted by Gasteiger charge is 2.44. The molecule has 2 aromatic rings. The Morgan fingerprint density at radius 3 is 2.96 bits per heavy atom. The van der Waals surface area contributed by atoms with Gasteiger partial charge in [-0.3, -0.25) is 14.6 Å². The van der Waals surface area contributed by atoms with Crippen LogP contribution in [0.5, 0.6) is 0 Å². The summed E-state index contributed by atoms with van der Waals surface area (Å²) in [6.07, 6.45) is 2.36. The van der Waals surface area contributed by atoms with Crippen LogP contribution < -0.4 is 21.6 Å². The van der Waals surface area contributed by atoms with Gasteiger partial charge in [0.15, 0.2) is 6.04 Å². The van der Waals surface area contributed by atoms with Crippen molar-refractivity contribution in [2.75, 3.05) is 6.54 Å². The summed E-state index contributed by atoms with van der Waals surface area (Å²) < 4.78 is 2.03. The van der Waals surface area contributed by atoms with E-state index < -0.39 is 12.1 Å². The lowest BCUT2D eigenvalue weighted by Gasteiger charge is -2.28. The summed E-state index contributed by atoms with van der Waals surface area (Å²) in [5, 5.41) is 7.25. The smallest absolute Gasteiger partial charge is 0.250 e. The van der Waals surface area contributed by atoms with Crippen molar-refractivity contribution in [3.63, 3.8) is 0 Å². The van der Waals surface area contributed by atoms with Gasteiger partial charge in [-0.15, -0.1) is 0 Å². The van der Waals surface area contributed by atoms with E-state index in [1.54, 1.807) is 18.1 Å². The van der Waals surface area contributed by atoms with E-state index in [0.29, 0.717) is 13.0 Å². The second-order valence-corrected chi connectivity index (χ2v) is 6.50. The largest absolute Gasteiger partial charge is 0.354 e. The second kappa shape index (κ2) is 6.43. The highest BCUT2D eigenvalue weighted by atomic mass is 16.2. The molecule has 2 amide bonds. The van der Waals surface area contributed by atoms with Crippen molar-refractivity contribution < 1.29 is 9.59 Å². The number of benzene rings is 1. The number of fused-ring (bicyclic) bond motifs is 2. The highest BCUT2D eigenvalue weighted by molar-refractivity contribution is 5.94. The fraction of sp³-hybridized carbons (Fsp3) is 0.353. The van der Waals surface area contributed by atoms with E-state index >= 15 is 0 Å². The third-order valence-corrected chi connectivity index (χ3v) is 4.70. The number of nitrogens with zero attached hydrogens (tertiary/aromatic N) is 3. The molecule has 9 nitrogen and oxygen atoms in total. The molecular weight excluding hydrogens is 334 g/mol. The van der Waals surface area contributed by atoms with Crippen LogP contribution in [-0.4, -0.2) is 45.0 Å². The van der Waals surface area contributed by atoms with Gasteiger partial charge in [-0.25, -0.2) is 10.4 Å². The topological polar surface area (TPSA) is 103 Å². The molecule has 2 aliphatic heterocycles. The first-order valence-corrected chi connectivity index (χ1v) is 8.51. The lowest BCUT2D eigenvalue weighted by atomic mass is 10.1. The van der Waals surface area contributed by atoms with E-state index in [1.165, 1.54) is 0 Å². The van der Waals surface area contributed by atoms with E-state index in [1.807, 2.05) is 35.9 Å². The van der Waals surface area contributed by atoms with Crippen molar-refractivity contribution in [2.24, 2.45) is 7.05 Å². The van der Waals surface area contributed by atoms with E-state index in [0.717, 1.165) is 22.6 Å². The zero-order valence-electron chi connectivity index (χ0n) is 14.6. The zero-order chi connectivity index (χ0) is 18.3. The number of imidazole rings is 1. The van der Waals surface area contributed by atoms with Crippen molar-refractivity contribution in [1.29, 1.82) is 0 Å². The minimum absolute atomic E-state index is 0.210. The summed E-state index contributed by atoms with van der Waals surface area (Å²) in [5.41, 5.74) is 8.45. The van der Waals surface area contributed by atoms with E-state index in [-0.39, 0.29) is 11.8 Å². The Morgan fingerprint density at radius 1 is 1.35 bits per heavy atom. The Morgan fingerprint density at radius 2 is 2.15 bits per heavy atom. The number of para-hydroxylation sites is 2. The first-order valence-electron chi connectivity index (χ1n) is 8.51. The maximum atomic E-state index is 12.5. The molecule has 1 saturated heterocycles. The standard InChI is InChI=1S/C17H21N7O2/c1-10-9-24-15(17(26)19-10)14(21-22-24)16(25)18-8-7-13-20-11-5-3-4-6-12(11)23(13)2/h3-6,9,14-15,21-22H,7-8H2,1-2H3,(H,18,25)(H,19,26). The summed E-state index contributed by atoms with van der Waals surface area (Å²) in [4.78, 5) is 29.3. The highest BCUT2D eigenvalue weighted by Crippen LogP contribution is 2.16. The molecule has 1 aromatic carbocycles. The summed E-state index contributed by atoms with van der Waals surface area (Å²) in [6.45, 7) is 2.23. The predicted molar refractivity (Wildman–Crippen MR) is 95.0 cm³/mol. The normalized spacial score (nSPS) is 22.2. The van der Waals surface area contributed by atoms with Gasteiger partial charge in [0.2, 0.25) is 5.91 Å². The molecule has 1 aromatic heterocycles. The summed E-state index contributed by atoms with van der Waals surface area (Å²) >= 11 is 0. The van der Waals surface area contributed by atoms with Gasteiger partial charge in [-0.1, -0.05) is 12.1 Å². The van der Waals surface area contributed by atoms with Crippen LogP contribution >= 0.6 is 0 Å². The van der Waals surface area contributed by atoms with Crippen molar-refractivity contribution in [3.8, 4) is 0 Å². The minimum Gasteiger partial charge on any atom is -0.354 e. The fourth-order valence-electron chi connectivity index (χ4n) is 3.39. The average molecular weight is 355 g/mol. The molecule has 0 bridgehead atoms. The molecule has 0 saturated carbocycles. The van der Waals surface area contributed by atoms with Gasteiger partial charge in [0.05, 0.1) is 11.0 Å². The monoisotopic (exact) mass is 355 g/mol. The summed E-state index contributed by atoms with van der Waals surface area (Å²) in [7, 11) is 1.97. The van der Waals surface area contributed by atoms with Crippen molar-refractivity contribution in [2.45, 2.75) is 25.4 Å². The van der Waals surface area contributed by atoms with Crippen LogP contribution in [0.2, 0.25) is 0 Å². The lowest BCUT2D eigenvalue weighted by molar-refractivity contribution is -0.130. The molecule has 2 unspecified atom stereocenters. The molecule has 9 heteroatoms. The number of carbonyl (C=O) groups excluding carboxylic acids is 2. The first-order chi connectivity index (χ1) is 12.5. The van der Waals surface area contributed by atoms with Gasteiger partial charge < -0.3 is 15.2 Å². The van der Waals surface area contributed by atoms with Crippen LogP contribution in [0.15, 0.2) is 36.2 Å². The molecule has 0 spiro atoms. The maximum Gasteiger partial charge on any atom is 0.250 e. The van der Waals surface area contributed by atoms with Crippen LogP contribution in [0.25, 0.3) is 11.0 Å². The SMILES string of the molecule is CC1=CN2NNC(C(=O)NCCc3nc4ccccc4n3C)C2C(=O)N1. The van der Waals surface area contributed by atoms with Crippen LogP contribution in [0.3, 0.4) is 0 Å². The number of carbonyl (C=O) groups is 2. The fourth-order valence-corrected chi connectivity index (χ4v) is 3.39. The van der Waals surface area contributed by atoms with Gasteiger partial charge in [0.25, 0.3) is 5.91 Å². The quantitative estimate of drug-likeness (QED) is 0.578. The van der Waals surface area contributed by atoms with Crippen molar-refractivity contribution in [3.05, 3.63) is 42.0 Å². The van der Waals surface area contributed by atoms with E-state index in [2.05, 4.69) is 26.6 Å². The Bertz CT molecular complexity index is 904. The first kappa shape index (κ1) is 16.6. The number of allylic oxidation sites excluding steroid dienone is 1. The Labute approximate surface area is 150 Å². The molecule has 0 aliphatic carbocycles. The Balaban J connectivity index is 1.38.